The van der Waals surface area contributed by atoms with Crippen molar-refractivity contribution in [3.63, 3.8) is 0 Å². The number of aromatic nitrogens is 4. The number of ether oxygens (including phenoxy) is 3. The van der Waals surface area contributed by atoms with Crippen LogP contribution in [0.1, 0.15) is 38.7 Å². The second kappa shape index (κ2) is 10.7. The molecular weight excluding hydrogens is 527 g/mol. The minimum absolute atomic E-state index is 0.197. The summed E-state index contributed by atoms with van der Waals surface area (Å²) in [7, 11) is 1.53. The predicted molar refractivity (Wildman–Crippen MR) is 143 cm³/mol. The molecule has 0 saturated heterocycles. The molecule has 0 unspecified atom stereocenters. The van der Waals surface area contributed by atoms with Gasteiger partial charge in [-0.3, -0.25) is 4.79 Å². The SMILES string of the molecule is COc1ccc(F)cc1Cn1c(-c2ccc(OCC[C@@H](C)C(=O)O)cc2Cl)nc2c(OC3(C)CC3)ncnc21. The number of benzene rings is 2. The summed E-state index contributed by atoms with van der Waals surface area (Å²) in [5.41, 5.74) is 1.88. The van der Waals surface area contributed by atoms with Crippen LogP contribution < -0.4 is 14.2 Å². The highest BCUT2D eigenvalue weighted by molar-refractivity contribution is 6.33. The molecule has 1 N–H and O–H groups in total. The molecule has 2 aromatic heterocycles. The lowest BCUT2D eigenvalue weighted by Crippen LogP contribution is -2.13. The number of carboxylic acids is 1. The summed E-state index contributed by atoms with van der Waals surface area (Å²) >= 11 is 6.72. The Morgan fingerprint density at radius 2 is 2.03 bits per heavy atom. The molecule has 39 heavy (non-hydrogen) atoms. The van der Waals surface area contributed by atoms with Gasteiger partial charge in [0.2, 0.25) is 5.88 Å². The van der Waals surface area contributed by atoms with E-state index in [9.17, 15) is 9.18 Å². The van der Waals surface area contributed by atoms with E-state index in [0.717, 1.165) is 12.8 Å². The van der Waals surface area contributed by atoms with Crippen molar-refractivity contribution in [1.82, 2.24) is 19.5 Å². The van der Waals surface area contributed by atoms with Crippen molar-refractivity contribution >= 4 is 28.7 Å². The van der Waals surface area contributed by atoms with Crippen molar-refractivity contribution in [1.29, 1.82) is 0 Å². The topological polar surface area (TPSA) is 109 Å². The van der Waals surface area contributed by atoms with Crippen LogP contribution >= 0.6 is 11.6 Å². The standard InChI is InChI=1S/C28H28ClFN4O5/c1-16(27(35)36)8-11-38-19-5-6-20(21(29)13-19)24-33-23-25(31-15-32-26(23)39-28(2)9-10-28)34(24)14-17-12-18(30)4-7-22(17)37-3/h4-7,12-13,15-16H,8-11,14H2,1-3H3,(H,35,36)/t16-/m1/s1. The zero-order chi connectivity index (χ0) is 27.7. The number of halogens is 2. The third-order valence-electron chi connectivity index (χ3n) is 6.79. The Morgan fingerprint density at radius 3 is 2.72 bits per heavy atom. The fourth-order valence-corrected chi connectivity index (χ4v) is 4.40. The molecule has 1 saturated carbocycles. The highest BCUT2D eigenvalue weighted by Gasteiger charge is 2.41. The number of rotatable bonds is 11. The monoisotopic (exact) mass is 554 g/mol. The summed E-state index contributed by atoms with van der Waals surface area (Å²) in [6.07, 6.45) is 3.63. The highest BCUT2D eigenvalue weighted by atomic mass is 35.5. The molecule has 0 bridgehead atoms. The van der Waals surface area contributed by atoms with E-state index >= 15 is 0 Å². The number of hydrogen-bond donors (Lipinski definition) is 1. The van der Waals surface area contributed by atoms with Gasteiger partial charge in [-0.15, -0.1) is 0 Å². The van der Waals surface area contributed by atoms with Crippen molar-refractivity contribution in [2.75, 3.05) is 13.7 Å². The van der Waals surface area contributed by atoms with Crippen LogP contribution in [-0.2, 0) is 11.3 Å². The Hall–Kier alpha value is -3.92. The molecule has 2 aromatic carbocycles. The molecule has 4 aromatic rings. The number of fused-ring (bicyclic) bond motifs is 1. The van der Waals surface area contributed by atoms with Crippen molar-refractivity contribution in [3.8, 4) is 28.8 Å². The van der Waals surface area contributed by atoms with Gasteiger partial charge in [0.15, 0.2) is 11.2 Å². The summed E-state index contributed by atoms with van der Waals surface area (Å²) in [6, 6.07) is 9.50. The van der Waals surface area contributed by atoms with Gasteiger partial charge in [0.1, 0.15) is 35.1 Å². The lowest BCUT2D eigenvalue weighted by molar-refractivity contribution is -0.141. The van der Waals surface area contributed by atoms with Gasteiger partial charge in [-0.05, 0) is 62.6 Å². The number of methoxy groups -OCH3 is 1. The molecule has 204 valence electrons. The van der Waals surface area contributed by atoms with E-state index in [0.29, 0.717) is 56.9 Å². The van der Waals surface area contributed by atoms with Crippen LogP contribution in [0.3, 0.4) is 0 Å². The average Bonchev–Trinajstić information content (AvgIpc) is 3.52. The van der Waals surface area contributed by atoms with E-state index in [1.807, 2.05) is 11.5 Å². The third kappa shape index (κ3) is 5.75. The van der Waals surface area contributed by atoms with Gasteiger partial charge in [-0.2, -0.15) is 4.98 Å². The molecule has 0 spiro atoms. The smallest absolute Gasteiger partial charge is 0.306 e. The molecule has 0 amide bonds. The van der Waals surface area contributed by atoms with E-state index in [4.69, 9.17) is 35.9 Å². The Balaban J connectivity index is 1.55. The van der Waals surface area contributed by atoms with Crippen molar-refractivity contribution in [3.05, 3.63) is 59.1 Å². The van der Waals surface area contributed by atoms with Gasteiger partial charge in [-0.1, -0.05) is 18.5 Å². The number of nitrogens with zero attached hydrogens (tertiary/aromatic N) is 4. The Morgan fingerprint density at radius 1 is 1.23 bits per heavy atom. The first-order chi connectivity index (χ1) is 18.7. The number of aliphatic carboxylic acids is 1. The molecule has 1 atom stereocenters. The highest BCUT2D eigenvalue weighted by Crippen LogP contribution is 2.41. The minimum Gasteiger partial charge on any atom is -0.496 e. The first-order valence-electron chi connectivity index (χ1n) is 12.6. The Kier molecular flexibility index (Phi) is 7.31. The van der Waals surface area contributed by atoms with Crippen molar-refractivity contribution < 1.29 is 28.5 Å². The molecule has 5 rings (SSSR count). The summed E-state index contributed by atoms with van der Waals surface area (Å²) in [4.78, 5) is 24.7. The third-order valence-corrected chi connectivity index (χ3v) is 7.10. The summed E-state index contributed by atoms with van der Waals surface area (Å²) in [6.45, 7) is 4.08. The zero-order valence-corrected chi connectivity index (χ0v) is 22.5. The lowest BCUT2D eigenvalue weighted by atomic mass is 10.1. The number of carboxylic acid groups (broad SMARTS) is 1. The van der Waals surface area contributed by atoms with Crippen LogP contribution in [0.4, 0.5) is 4.39 Å². The number of imidazole rings is 1. The van der Waals surface area contributed by atoms with Crippen LogP contribution in [0.25, 0.3) is 22.6 Å². The maximum Gasteiger partial charge on any atom is 0.306 e. The largest absolute Gasteiger partial charge is 0.496 e. The van der Waals surface area contributed by atoms with Crippen LogP contribution in [-0.4, -0.2) is 49.9 Å². The van der Waals surface area contributed by atoms with Gasteiger partial charge < -0.3 is 23.9 Å². The van der Waals surface area contributed by atoms with E-state index in [1.54, 1.807) is 31.2 Å². The van der Waals surface area contributed by atoms with Gasteiger partial charge in [0.05, 0.1) is 31.2 Å². The first kappa shape index (κ1) is 26.7. The maximum absolute atomic E-state index is 14.2. The molecular formula is C28H28ClFN4O5. The fraction of sp³-hybridized carbons (Fsp3) is 0.357. The van der Waals surface area contributed by atoms with E-state index in [1.165, 1.54) is 25.6 Å². The summed E-state index contributed by atoms with van der Waals surface area (Å²) in [5, 5.41) is 9.44. The van der Waals surface area contributed by atoms with Crippen LogP contribution in [0.5, 0.6) is 17.4 Å². The normalized spacial score (nSPS) is 14.7. The molecule has 0 radical (unpaired) electrons. The van der Waals surface area contributed by atoms with Crippen LogP contribution in [0.2, 0.25) is 5.02 Å². The second-order valence-corrected chi connectivity index (χ2v) is 10.3. The molecule has 1 aliphatic rings. The fourth-order valence-electron chi connectivity index (χ4n) is 4.14. The molecule has 1 aliphatic carbocycles. The van der Waals surface area contributed by atoms with E-state index in [2.05, 4.69) is 9.97 Å². The van der Waals surface area contributed by atoms with Crippen molar-refractivity contribution in [2.24, 2.45) is 5.92 Å². The Bertz CT molecular complexity index is 1540. The van der Waals surface area contributed by atoms with Crippen LogP contribution in [0, 0.1) is 11.7 Å². The van der Waals surface area contributed by atoms with E-state index in [-0.39, 0.29) is 18.8 Å². The van der Waals surface area contributed by atoms with Gasteiger partial charge in [0, 0.05) is 11.1 Å². The quantitative estimate of drug-likeness (QED) is 0.249. The number of hydrogen-bond acceptors (Lipinski definition) is 7. The Labute approximate surface area is 229 Å². The van der Waals surface area contributed by atoms with Gasteiger partial charge in [0.25, 0.3) is 0 Å². The molecule has 11 heteroatoms. The molecule has 1 fully saturated rings. The number of carbonyl (C=O) groups is 1. The average molecular weight is 555 g/mol. The molecule has 2 heterocycles. The lowest BCUT2D eigenvalue weighted by Gasteiger charge is -2.14. The summed E-state index contributed by atoms with van der Waals surface area (Å²) in [5.74, 6) is 0.0899. The van der Waals surface area contributed by atoms with E-state index < -0.39 is 17.7 Å². The van der Waals surface area contributed by atoms with Crippen molar-refractivity contribution in [2.45, 2.75) is 45.3 Å². The first-order valence-corrected chi connectivity index (χ1v) is 12.9. The van der Waals surface area contributed by atoms with Crippen LogP contribution in [0.15, 0.2) is 42.7 Å². The van der Waals surface area contributed by atoms with Gasteiger partial charge >= 0.3 is 5.97 Å². The predicted octanol–water partition coefficient (Wildman–Crippen LogP) is 5.76. The second-order valence-electron chi connectivity index (χ2n) is 9.90. The molecule has 9 nitrogen and oxygen atoms in total. The minimum atomic E-state index is -0.872. The van der Waals surface area contributed by atoms with Gasteiger partial charge in [-0.25, -0.2) is 14.4 Å². The maximum atomic E-state index is 14.2. The molecule has 0 aliphatic heterocycles. The summed E-state index contributed by atoms with van der Waals surface area (Å²) < 4.78 is 33.4. The zero-order valence-electron chi connectivity index (χ0n) is 21.8.